The molecule has 6 heteroatoms. The van der Waals surface area contributed by atoms with Crippen LogP contribution in [0.3, 0.4) is 0 Å². The van der Waals surface area contributed by atoms with E-state index in [0.29, 0.717) is 19.5 Å². The van der Waals surface area contributed by atoms with E-state index in [-0.39, 0.29) is 11.8 Å². The lowest BCUT2D eigenvalue weighted by Gasteiger charge is -2.34. The summed E-state index contributed by atoms with van der Waals surface area (Å²) in [5.41, 5.74) is 2.97. The highest BCUT2D eigenvalue weighted by atomic mass is 16.2. The number of fused-ring (bicyclic) bond motifs is 1. The van der Waals surface area contributed by atoms with E-state index < -0.39 is 6.04 Å². The molecule has 3 aromatic rings. The maximum atomic E-state index is 13.1. The standard InChI is InChI=1S/C24H28N4O2/c1-18-26-20-12-5-6-13-21(20)27(18)17-9-15-25-24(30)23(19-10-3-2-4-11-19)28-16-8-7-14-22(28)29/h2-6,10-13,23H,7-9,14-17H2,1H3,(H,25,30). The smallest absolute Gasteiger partial charge is 0.247 e. The molecule has 30 heavy (non-hydrogen) atoms. The second-order valence-electron chi connectivity index (χ2n) is 7.80. The first-order valence-electron chi connectivity index (χ1n) is 10.7. The summed E-state index contributed by atoms with van der Waals surface area (Å²) < 4.78 is 2.18. The van der Waals surface area contributed by atoms with Gasteiger partial charge in [0.05, 0.1) is 11.0 Å². The maximum absolute atomic E-state index is 13.1. The molecule has 1 aliphatic heterocycles. The van der Waals surface area contributed by atoms with Crippen molar-refractivity contribution in [3.8, 4) is 0 Å². The molecule has 1 fully saturated rings. The predicted molar refractivity (Wildman–Crippen MR) is 117 cm³/mol. The third-order valence-electron chi connectivity index (χ3n) is 5.74. The van der Waals surface area contributed by atoms with Crippen LogP contribution in [0, 0.1) is 6.92 Å². The Morgan fingerprint density at radius 3 is 2.67 bits per heavy atom. The van der Waals surface area contributed by atoms with Crippen LogP contribution in [-0.2, 0) is 16.1 Å². The van der Waals surface area contributed by atoms with Crippen LogP contribution in [0.1, 0.15) is 43.1 Å². The van der Waals surface area contributed by atoms with Gasteiger partial charge >= 0.3 is 0 Å². The number of imidazole rings is 1. The van der Waals surface area contributed by atoms with E-state index in [1.54, 1.807) is 4.90 Å². The Hall–Kier alpha value is -3.15. The van der Waals surface area contributed by atoms with Gasteiger partial charge < -0.3 is 14.8 Å². The van der Waals surface area contributed by atoms with Crippen LogP contribution < -0.4 is 5.32 Å². The fourth-order valence-corrected chi connectivity index (χ4v) is 4.23. The number of benzene rings is 2. The van der Waals surface area contributed by atoms with E-state index in [2.05, 4.69) is 20.9 Å². The number of amides is 2. The number of hydrogen-bond acceptors (Lipinski definition) is 3. The Morgan fingerprint density at radius 2 is 1.87 bits per heavy atom. The minimum atomic E-state index is -0.560. The highest BCUT2D eigenvalue weighted by Crippen LogP contribution is 2.25. The quantitative estimate of drug-likeness (QED) is 0.612. The van der Waals surface area contributed by atoms with E-state index in [1.807, 2.05) is 55.5 Å². The third kappa shape index (κ3) is 4.22. The fourth-order valence-electron chi connectivity index (χ4n) is 4.23. The van der Waals surface area contributed by atoms with Crippen molar-refractivity contribution >= 4 is 22.8 Å². The highest BCUT2D eigenvalue weighted by Gasteiger charge is 2.32. The first-order valence-corrected chi connectivity index (χ1v) is 10.7. The van der Waals surface area contributed by atoms with Crippen LogP contribution in [0.4, 0.5) is 0 Å². The molecule has 0 radical (unpaired) electrons. The summed E-state index contributed by atoms with van der Waals surface area (Å²) in [5, 5.41) is 3.06. The molecule has 2 aromatic carbocycles. The molecule has 1 N–H and O–H groups in total. The van der Waals surface area contributed by atoms with Gasteiger partial charge in [-0.2, -0.15) is 0 Å². The molecule has 0 aliphatic carbocycles. The van der Waals surface area contributed by atoms with Crippen molar-refractivity contribution in [2.75, 3.05) is 13.1 Å². The molecule has 156 valence electrons. The Morgan fingerprint density at radius 1 is 1.10 bits per heavy atom. The average molecular weight is 405 g/mol. The lowest BCUT2D eigenvalue weighted by molar-refractivity contribution is -0.142. The number of carbonyl (C=O) groups excluding carboxylic acids is 2. The molecule has 2 amide bonds. The monoisotopic (exact) mass is 404 g/mol. The minimum Gasteiger partial charge on any atom is -0.354 e. The maximum Gasteiger partial charge on any atom is 0.247 e. The predicted octanol–water partition coefficient (Wildman–Crippen LogP) is 3.60. The number of rotatable bonds is 7. The number of carbonyl (C=O) groups is 2. The average Bonchev–Trinajstić information content (AvgIpc) is 3.08. The number of likely N-dealkylation sites (tertiary alicyclic amines) is 1. The largest absolute Gasteiger partial charge is 0.354 e. The van der Waals surface area contributed by atoms with E-state index >= 15 is 0 Å². The minimum absolute atomic E-state index is 0.0609. The van der Waals surface area contributed by atoms with Crippen molar-refractivity contribution in [3.05, 3.63) is 66.0 Å². The van der Waals surface area contributed by atoms with Crippen molar-refractivity contribution < 1.29 is 9.59 Å². The van der Waals surface area contributed by atoms with Crippen molar-refractivity contribution in [1.29, 1.82) is 0 Å². The number of aryl methyl sites for hydroxylation is 2. The van der Waals surface area contributed by atoms with E-state index in [0.717, 1.165) is 48.2 Å². The Bertz CT molecular complexity index is 1030. The van der Waals surface area contributed by atoms with Gasteiger partial charge in [0.15, 0.2) is 0 Å². The normalized spacial score (nSPS) is 15.4. The lowest BCUT2D eigenvalue weighted by Crippen LogP contribution is -2.46. The Balaban J connectivity index is 1.41. The van der Waals surface area contributed by atoms with Gasteiger partial charge in [-0.15, -0.1) is 0 Å². The van der Waals surface area contributed by atoms with Gasteiger partial charge in [-0.25, -0.2) is 4.98 Å². The number of aromatic nitrogens is 2. The SMILES string of the molecule is Cc1nc2ccccc2n1CCCNC(=O)C(c1ccccc1)N1CCCCC1=O. The van der Waals surface area contributed by atoms with Crippen molar-refractivity contribution in [2.45, 2.75) is 45.2 Å². The summed E-state index contributed by atoms with van der Waals surface area (Å²) in [6, 6.07) is 17.1. The number of nitrogens with zero attached hydrogens (tertiary/aromatic N) is 3. The second kappa shape index (κ2) is 9.11. The van der Waals surface area contributed by atoms with Crippen LogP contribution in [0.25, 0.3) is 11.0 Å². The van der Waals surface area contributed by atoms with Crippen molar-refractivity contribution in [3.63, 3.8) is 0 Å². The van der Waals surface area contributed by atoms with Crippen molar-refractivity contribution in [2.24, 2.45) is 0 Å². The summed E-state index contributed by atoms with van der Waals surface area (Å²) in [4.78, 5) is 31.9. The van der Waals surface area contributed by atoms with Crippen LogP contribution in [0.15, 0.2) is 54.6 Å². The Labute approximate surface area is 176 Å². The molecular weight excluding hydrogens is 376 g/mol. The zero-order valence-electron chi connectivity index (χ0n) is 17.4. The van der Waals surface area contributed by atoms with Gasteiger partial charge in [-0.05, 0) is 43.9 Å². The summed E-state index contributed by atoms with van der Waals surface area (Å²) in [5.74, 6) is 0.929. The highest BCUT2D eigenvalue weighted by molar-refractivity contribution is 5.89. The molecule has 0 bridgehead atoms. The number of piperidine rings is 1. The van der Waals surface area contributed by atoms with Gasteiger partial charge in [0, 0.05) is 26.1 Å². The topological polar surface area (TPSA) is 67.2 Å². The van der Waals surface area contributed by atoms with Crippen LogP contribution >= 0.6 is 0 Å². The number of para-hydroxylation sites is 2. The summed E-state index contributed by atoms with van der Waals surface area (Å²) in [7, 11) is 0. The molecule has 1 aliphatic rings. The summed E-state index contributed by atoms with van der Waals surface area (Å²) in [6.45, 7) is 3.97. The first kappa shape index (κ1) is 20.1. The van der Waals surface area contributed by atoms with Crippen LogP contribution in [0.2, 0.25) is 0 Å². The molecule has 2 heterocycles. The molecule has 6 nitrogen and oxygen atoms in total. The van der Waals surface area contributed by atoms with Gasteiger partial charge in [0.2, 0.25) is 11.8 Å². The molecule has 1 saturated heterocycles. The fraction of sp³-hybridized carbons (Fsp3) is 0.375. The van der Waals surface area contributed by atoms with E-state index in [1.165, 1.54) is 0 Å². The molecular formula is C24H28N4O2. The van der Waals surface area contributed by atoms with Gasteiger partial charge in [0.25, 0.3) is 0 Å². The first-order chi connectivity index (χ1) is 14.6. The zero-order chi connectivity index (χ0) is 20.9. The number of hydrogen-bond donors (Lipinski definition) is 1. The van der Waals surface area contributed by atoms with Crippen molar-refractivity contribution in [1.82, 2.24) is 19.8 Å². The van der Waals surface area contributed by atoms with E-state index in [4.69, 9.17) is 0 Å². The van der Waals surface area contributed by atoms with E-state index in [9.17, 15) is 9.59 Å². The van der Waals surface area contributed by atoms with Gasteiger partial charge in [-0.3, -0.25) is 9.59 Å². The van der Waals surface area contributed by atoms with Gasteiger partial charge in [-0.1, -0.05) is 42.5 Å². The van der Waals surface area contributed by atoms with Gasteiger partial charge in [0.1, 0.15) is 11.9 Å². The lowest BCUT2D eigenvalue weighted by atomic mass is 10.0. The summed E-state index contributed by atoms with van der Waals surface area (Å²) >= 11 is 0. The van der Waals surface area contributed by atoms with Crippen LogP contribution in [-0.4, -0.2) is 39.4 Å². The number of nitrogens with one attached hydrogen (secondary N) is 1. The third-order valence-corrected chi connectivity index (χ3v) is 5.74. The molecule has 4 rings (SSSR count). The molecule has 0 spiro atoms. The molecule has 1 atom stereocenters. The molecule has 0 saturated carbocycles. The Kier molecular flexibility index (Phi) is 6.12. The zero-order valence-corrected chi connectivity index (χ0v) is 17.4. The second-order valence-corrected chi connectivity index (χ2v) is 7.80. The molecule has 1 unspecified atom stereocenters. The molecule has 1 aromatic heterocycles. The van der Waals surface area contributed by atoms with Crippen LogP contribution in [0.5, 0.6) is 0 Å². The summed E-state index contributed by atoms with van der Waals surface area (Å²) in [6.07, 6.45) is 3.15.